The quantitative estimate of drug-likeness (QED) is 0.719. The number of nitrogens with zero attached hydrogens (tertiary/aromatic N) is 3. The van der Waals surface area contributed by atoms with Crippen LogP contribution in [-0.4, -0.2) is 64.5 Å². The van der Waals surface area contributed by atoms with Gasteiger partial charge in [-0.2, -0.15) is 0 Å². The first-order valence-corrected chi connectivity index (χ1v) is 12.8. The van der Waals surface area contributed by atoms with Crippen molar-refractivity contribution >= 4 is 11.9 Å². The van der Waals surface area contributed by atoms with Crippen molar-refractivity contribution in [2.45, 2.75) is 88.7 Å². The van der Waals surface area contributed by atoms with Gasteiger partial charge in [0.05, 0.1) is 29.1 Å². The van der Waals surface area contributed by atoms with Crippen LogP contribution in [0.4, 0.5) is 5.95 Å². The number of carbonyl (C=O) groups is 1. The predicted octanol–water partition coefficient (Wildman–Crippen LogP) is 2.61. The first kappa shape index (κ1) is 21.7. The van der Waals surface area contributed by atoms with Gasteiger partial charge in [-0.25, -0.2) is 9.97 Å². The molecule has 1 amide bonds. The first-order valence-electron chi connectivity index (χ1n) is 12.8. The Morgan fingerprint density at radius 2 is 1.91 bits per heavy atom. The highest BCUT2D eigenvalue weighted by molar-refractivity contribution is 5.95. The second kappa shape index (κ2) is 8.17. The van der Waals surface area contributed by atoms with Crippen LogP contribution >= 0.6 is 0 Å². The molecule has 5 atom stereocenters. The molecule has 0 aromatic carbocycles. The van der Waals surface area contributed by atoms with Crippen molar-refractivity contribution in [3.8, 4) is 0 Å². The minimum atomic E-state index is -0.502. The van der Waals surface area contributed by atoms with Crippen LogP contribution in [0.5, 0.6) is 0 Å². The lowest BCUT2D eigenvalue weighted by molar-refractivity contribution is -0.136. The van der Waals surface area contributed by atoms with E-state index in [0.29, 0.717) is 41.6 Å². The Morgan fingerprint density at radius 1 is 1.18 bits per heavy atom. The van der Waals surface area contributed by atoms with Crippen LogP contribution in [0.3, 0.4) is 0 Å². The lowest BCUT2D eigenvalue weighted by atomic mass is 9.52. The summed E-state index contributed by atoms with van der Waals surface area (Å²) in [6.07, 6.45) is 8.40. The summed E-state index contributed by atoms with van der Waals surface area (Å²) in [4.78, 5) is 25.2. The maximum atomic E-state index is 13.5. The third-order valence-electron chi connectivity index (χ3n) is 8.53. The number of amides is 1. The lowest BCUT2D eigenvalue weighted by Gasteiger charge is -2.58. The fraction of sp³-hybridized carbons (Fsp3) is 0.800. The third-order valence-corrected chi connectivity index (χ3v) is 8.53. The van der Waals surface area contributed by atoms with E-state index >= 15 is 0 Å². The normalized spacial score (nSPS) is 42.0. The van der Waals surface area contributed by atoms with Gasteiger partial charge in [-0.3, -0.25) is 4.79 Å². The van der Waals surface area contributed by atoms with E-state index in [4.69, 9.17) is 14.5 Å². The number of morpholine rings is 1. The van der Waals surface area contributed by atoms with Gasteiger partial charge in [0.2, 0.25) is 5.95 Å². The average Bonchev–Trinajstić information content (AvgIpc) is 3.29. The Labute approximate surface area is 195 Å². The summed E-state index contributed by atoms with van der Waals surface area (Å²) in [5.74, 6) is 1.90. The van der Waals surface area contributed by atoms with Crippen LogP contribution < -0.4 is 10.2 Å². The van der Waals surface area contributed by atoms with Crippen molar-refractivity contribution in [3.63, 3.8) is 0 Å². The highest BCUT2D eigenvalue weighted by Gasteiger charge is 2.55. The van der Waals surface area contributed by atoms with Crippen LogP contribution in [0.15, 0.2) is 6.20 Å². The number of aromatic nitrogens is 2. The summed E-state index contributed by atoms with van der Waals surface area (Å²) < 4.78 is 11.8. The zero-order valence-electron chi connectivity index (χ0n) is 19.7. The first-order chi connectivity index (χ1) is 15.9. The summed E-state index contributed by atoms with van der Waals surface area (Å²) >= 11 is 0. The lowest BCUT2D eigenvalue weighted by Crippen LogP contribution is -2.61. The predicted molar refractivity (Wildman–Crippen MR) is 122 cm³/mol. The molecule has 180 valence electrons. The van der Waals surface area contributed by atoms with Crippen molar-refractivity contribution in [2.24, 2.45) is 17.8 Å². The minimum absolute atomic E-state index is 0.0970. The van der Waals surface area contributed by atoms with Gasteiger partial charge in [0.1, 0.15) is 6.10 Å². The summed E-state index contributed by atoms with van der Waals surface area (Å²) in [5.41, 5.74) is 0.745. The van der Waals surface area contributed by atoms with Crippen molar-refractivity contribution in [1.29, 1.82) is 0 Å². The molecule has 1 aromatic heterocycles. The molecule has 6 aliphatic rings. The molecule has 2 N–H and O–H groups in total. The van der Waals surface area contributed by atoms with Crippen molar-refractivity contribution < 1.29 is 19.4 Å². The van der Waals surface area contributed by atoms with E-state index in [1.807, 2.05) is 0 Å². The second-order valence-corrected chi connectivity index (χ2v) is 11.3. The maximum absolute atomic E-state index is 13.5. The summed E-state index contributed by atoms with van der Waals surface area (Å²) in [5, 5.41) is 14.2. The zero-order valence-corrected chi connectivity index (χ0v) is 19.7. The van der Waals surface area contributed by atoms with E-state index in [0.717, 1.165) is 58.0 Å². The molecule has 1 aromatic rings. The van der Waals surface area contributed by atoms with Gasteiger partial charge in [-0.1, -0.05) is 0 Å². The highest BCUT2D eigenvalue weighted by Crippen LogP contribution is 2.55. The van der Waals surface area contributed by atoms with Crippen LogP contribution in [-0.2, 0) is 9.47 Å². The smallest absolute Gasteiger partial charge is 0.255 e. The SMILES string of the molecule is C[C@@H]1CN(c2ncc(C(=O)N[C@H]3C4CC5CC3C[C@@](O)(C5)C4)c([C@H]3CCCO3)n2)C[C@H](C)O1. The minimum Gasteiger partial charge on any atom is -0.390 e. The van der Waals surface area contributed by atoms with E-state index in [1.165, 1.54) is 0 Å². The second-order valence-electron chi connectivity index (χ2n) is 11.3. The Balaban J connectivity index is 1.25. The van der Waals surface area contributed by atoms with Gasteiger partial charge < -0.3 is 24.8 Å². The number of hydrogen-bond acceptors (Lipinski definition) is 7. The molecule has 0 radical (unpaired) electrons. The number of hydrogen-bond donors (Lipinski definition) is 2. The van der Waals surface area contributed by atoms with E-state index < -0.39 is 5.60 Å². The van der Waals surface area contributed by atoms with Crippen molar-refractivity contribution in [1.82, 2.24) is 15.3 Å². The molecule has 2 saturated heterocycles. The Bertz CT molecular complexity index is 894. The maximum Gasteiger partial charge on any atom is 0.255 e. The van der Waals surface area contributed by atoms with Gasteiger partial charge >= 0.3 is 0 Å². The summed E-state index contributed by atoms with van der Waals surface area (Å²) in [7, 11) is 0. The molecule has 6 fully saturated rings. The molecule has 33 heavy (non-hydrogen) atoms. The Kier molecular flexibility index (Phi) is 5.38. The average molecular weight is 457 g/mol. The summed E-state index contributed by atoms with van der Waals surface area (Å²) in [6, 6.07) is 0.132. The van der Waals surface area contributed by atoms with Gasteiger partial charge in [0.25, 0.3) is 5.91 Å². The van der Waals surface area contributed by atoms with Crippen molar-refractivity contribution in [2.75, 3.05) is 24.6 Å². The molecule has 2 unspecified atom stereocenters. The van der Waals surface area contributed by atoms with Crippen LogP contribution in [0.2, 0.25) is 0 Å². The standard InChI is InChI=1S/C25H36N4O4/c1-14-12-29(13-15(2)33-14)24-26-11-19(22(28-24)20-4-3-5-32-20)23(30)27-21-17-6-16-7-18(21)10-25(31,8-16)9-17/h11,14-18,20-21,31H,3-10,12-13H2,1-2H3,(H,27,30)/t14-,15+,16?,17?,18?,20-,21-,25+/m1/s1. The Hall–Kier alpha value is -1.77. The zero-order chi connectivity index (χ0) is 22.7. The van der Waals surface area contributed by atoms with Gasteiger partial charge in [-0.05, 0) is 76.5 Å². The van der Waals surface area contributed by atoms with Gasteiger partial charge in [0, 0.05) is 31.9 Å². The number of anilines is 1. The Morgan fingerprint density at radius 3 is 2.55 bits per heavy atom. The number of aliphatic hydroxyl groups is 1. The van der Waals surface area contributed by atoms with Gasteiger partial charge in [-0.15, -0.1) is 0 Å². The topological polar surface area (TPSA) is 96.8 Å². The molecule has 4 aliphatic carbocycles. The number of ether oxygens (including phenoxy) is 2. The van der Waals surface area contributed by atoms with E-state index in [2.05, 4.69) is 29.0 Å². The number of rotatable bonds is 4. The molecule has 0 spiro atoms. The van der Waals surface area contributed by atoms with E-state index in [9.17, 15) is 9.90 Å². The summed E-state index contributed by atoms with van der Waals surface area (Å²) in [6.45, 7) is 6.29. The van der Waals surface area contributed by atoms with E-state index in [1.54, 1.807) is 6.20 Å². The third kappa shape index (κ3) is 4.04. The molecule has 4 bridgehead atoms. The molecule has 7 rings (SSSR count). The fourth-order valence-corrected chi connectivity index (χ4v) is 7.54. The number of carbonyl (C=O) groups excluding carboxylic acids is 1. The molecule has 3 heterocycles. The molecular formula is C25H36N4O4. The molecule has 4 saturated carbocycles. The molecule has 2 aliphatic heterocycles. The molecular weight excluding hydrogens is 420 g/mol. The number of nitrogens with one attached hydrogen (secondary N) is 1. The van der Waals surface area contributed by atoms with Crippen LogP contribution in [0, 0.1) is 17.8 Å². The molecule has 8 nitrogen and oxygen atoms in total. The molecule has 8 heteroatoms. The highest BCUT2D eigenvalue weighted by atomic mass is 16.5. The van der Waals surface area contributed by atoms with Crippen LogP contribution in [0.25, 0.3) is 0 Å². The fourth-order valence-electron chi connectivity index (χ4n) is 7.54. The van der Waals surface area contributed by atoms with Crippen LogP contribution in [0.1, 0.15) is 80.9 Å². The van der Waals surface area contributed by atoms with E-state index in [-0.39, 0.29) is 30.3 Å². The van der Waals surface area contributed by atoms with Crippen molar-refractivity contribution in [3.05, 3.63) is 17.5 Å². The monoisotopic (exact) mass is 456 g/mol. The largest absolute Gasteiger partial charge is 0.390 e. The van der Waals surface area contributed by atoms with Gasteiger partial charge in [0.15, 0.2) is 0 Å².